The lowest BCUT2D eigenvalue weighted by Crippen LogP contribution is -2.17. The third-order valence-electron chi connectivity index (χ3n) is 2.29. The van der Waals surface area contributed by atoms with Gasteiger partial charge in [0.15, 0.2) is 5.69 Å². The molecule has 0 aliphatic rings. The zero-order chi connectivity index (χ0) is 15.1. The normalized spacial score (nSPS) is 11.7. The highest BCUT2D eigenvalue weighted by Gasteiger charge is 2.42. The van der Waals surface area contributed by atoms with Crippen molar-refractivity contribution >= 4 is 17.6 Å². The van der Waals surface area contributed by atoms with Gasteiger partial charge in [-0.05, 0) is 18.2 Å². The molecule has 0 saturated heterocycles. The Balaban J connectivity index is 2.68. The Labute approximate surface area is 113 Å². The number of nitrogens with zero attached hydrogens (tertiary/aromatic N) is 3. The molecule has 0 fully saturated rings. The Hall–Kier alpha value is -2.16. The maximum absolute atomic E-state index is 13.0. The number of hydrogen-bond acceptors (Lipinski definition) is 3. The molecule has 0 saturated carbocycles. The van der Waals surface area contributed by atoms with E-state index in [1.807, 2.05) is 0 Å². The molecule has 1 N–H and O–H groups in total. The minimum atomic E-state index is -5.00. The first-order valence-electron chi connectivity index (χ1n) is 4.93. The minimum absolute atomic E-state index is 0.245. The van der Waals surface area contributed by atoms with Crippen molar-refractivity contribution in [1.29, 1.82) is 0 Å². The van der Waals surface area contributed by atoms with Crippen molar-refractivity contribution in [2.24, 2.45) is 0 Å². The molecule has 20 heavy (non-hydrogen) atoms. The Kier molecular flexibility index (Phi) is 3.38. The quantitative estimate of drug-likeness (QED) is 0.866. The number of alkyl halides is 3. The molecular formula is C10H4ClF4N3O2. The lowest BCUT2D eigenvalue weighted by molar-refractivity contribution is -0.143. The van der Waals surface area contributed by atoms with Crippen LogP contribution in [0.2, 0.25) is 5.02 Å². The molecule has 0 radical (unpaired) electrons. The molecule has 0 spiro atoms. The van der Waals surface area contributed by atoms with E-state index < -0.39 is 34.4 Å². The van der Waals surface area contributed by atoms with Crippen LogP contribution >= 0.6 is 11.6 Å². The summed E-state index contributed by atoms with van der Waals surface area (Å²) in [6.45, 7) is 0. The predicted molar refractivity (Wildman–Crippen MR) is 58.3 cm³/mol. The van der Waals surface area contributed by atoms with Crippen LogP contribution in [0.5, 0.6) is 0 Å². The Morgan fingerprint density at radius 1 is 1.35 bits per heavy atom. The second kappa shape index (κ2) is 4.75. The van der Waals surface area contributed by atoms with Crippen LogP contribution in [0, 0.1) is 5.82 Å². The number of benzene rings is 1. The first-order valence-corrected chi connectivity index (χ1v) is 5.31. The van der Waals surface area contributed by atoms with Crippen LogP contribution in [0.1, 0.15) is 16.2 Å². The van der Waals surface area contributed by atoms with Crippen LogP contribution in [0.15, 0.2) is 18.2 Å². The second-order valence-corrected chi connectivity index (χ2v) is 4.01. The molecule has 0 atom stereocenters. The number of hydrogen-bond donors (Lipinski definition) is 1. The van der Waals surface area contributed by atoms with E-state index in [0.717, 1.165) is 18.2 Å². The number of carboxylic acids is 1. The molecule has 10 heteroatoms. The van der Waals surface area contributed by atoms with Crippen LogP contribution < -0.4 is 0 Å². The maximum Gasteiger partial charge on any atom is 0.436 e. The van der Waals surface area contributed by atoms with E-state index in [4.69, 9.17) is 16.7 Å². The van der Waals surface area contributed by atoms with Crippen molar-refractivity contribution in [3.05, 3.63) is 40.4 Å². The minimum Gasteiger partial charge on any atom is -0.476 e. The number of rotatable bonds is 2. The molecule has 0 unspecified atom stereocenters. The summed E-state index contributed by atoms with van der Waals surface area (Å²) in [6, 6.07) is 2.68. The van der Waals surface area contributed by atoms with E-state index in [1.165, 1.54) is 0 Å². The van der Waals surface area contributed by atoms with Gasteiger partial charge in [0.05, 0.1) is 10.7 Å². The summed E-state index contributed by atoms with van der Waals surface area (Å²) in [5.74, 6) is -2.71. The van der Waals surface area contributed by atoms with Gasteiger partial charge in [0, 0.05) is 0 Å². The Morgan fingerprint density at radius 3 is 2.50 bits per heavy atom. The van der Waals surface area contributed by atoms with Gasteiger partial charge in [-0.1, -0.05) is 16.8 Å². The molecule has 106 valence electrons. The summed E-state index contributed by atoms with van der Waals surface area (Å²) >= 11 is 5.47. The summed E-state index contributed by atoms with van der Waals surface area (Å²) in [5, 5.41) is 14.4. The van der Waals surface area contributed by atoms with Crippen molar-refractivity contribution in [2.45, 2.75) is 6.18 Å². The predicted octanol–water partition coefficient (Wildman–Crippen LogP) is 2.78. The molecule has 0 bridgehead atoms. The standard InChI is InChI=1S/C10H4ClF4N3O2/c11-5-3-4(1-2-6(5)12)18-8(10(13,14)15)7(9(19)20)16-17-18/h1-3H,(H,19,20). The van der Waals surface area contributed by atoms with Gasteiger partial charge in [0.25, 0.3) is 0 Å². The summed E-state index contributed by atoms with van der Waals surface area (Å²) < 4.78 is 51.9. The molecule has 0 aliphatic carbocycles. The molecule has 5 nitrogen and oxygen atoms in total. The fraction of sp³-hybridized carbons (Fsp3) is 0.100. The van der Waals surface area contributed by atoms with Crippen LogP contribution in [0.4, 0.5) is 17.6 Å². The fourth-order valence-corrected chi connectivity index (χ4v) is 1.65. The molecule has 0 aliphatic heterocycles. The molecule has 2 aromatic rings. The van der Waals surface area contributed by atoms with Crippen LogP contribution in [0.25, 0.3) is 5.69 Å². The second-order valence-electron chi connectivity index (χ2n) is 3.60. The average molecular weight is 310 g/mol. The zero-order valence-corrected chi connectivity index (χ0v) is 10.1. The van der Waals surface area contributed by atoms with E-state index in [1.54, 1.807) is 0 Å². The molecule has 1 aromatic heterocycles. The van der Waals surface area contributed by atoms with Gasteiger partial charge in [-0.3, -0.25) is 0 Å². The van der Waals surface area contributed by atoms with Gasteiger partial charge in [0.1, 0.15) is 5.82 Å². The topological polar surface area (TPSA) is 68.0 Å². The van der Waals surface area contributed by atoms with E-state index in [-0.39, 0.29) is 10.4 Å². The zero-order valence-electron chi connectivity index (χ0n) is 9.32. The molecule has 1 heterocycles. The molecule has 2 rings (SSSR count). The van der Waals surface area contributed by atoms with Gasteiger partial charge in [0.2, 0.25) is 5.69 Å². The summed E-state index contributed by atoms with van der Waals surface area (Å²) in [5.41, 5.74) is -3.09. The van der Waals surface area contributed by atoms with Crippen molar-refractivity contribution in [3.8, 4) is 5.69 Å². The third-order valence-corrected chi connectivity index (χ3v) is 2.58. The number of aromatic carboxylic acids is 1. The SMILES string of the molecule is O=C(O)c1nnn(-c2ccc(F)c(Cl)c2)c1C(F)(F)F. The first-order chi connectivity index (χ1) is 9.21. The van der Waals surface area contributed by atoms with Crippen LogP contribution in [-0.2, 0) is 6.18 Å². The van der Waals surface area contributed by atoms with Crippen molar-refractivity contribution in [2.75, 3.05) is 0 Å². The van der Waals surface area contributed by atoms with Crippen LogP contribution in [-0.4, -0.2) is 26.1 Å². The van der Waals surface area contributed by atoms with Crippen molar-refractivity contribution in [1.82, 2.24) is 15.0 Å². The van der Waals surface area contributed by atoms with Gasteiger partial charge in [-0.2, -0.15) is 13.2 Å². The lowest BCUT2D eigenvalue weighted by Gasteiger charge is -2.10. The fourth-order valence-electron chi connectivity index (χ4n) is 1.48. The third kappa shape index (κ3) is 2.44. The highest BCUT2D eigenvalue weighted by Crippen LogP contribution is 2.33. The number of aromatic nitrogens is 3. The van der Waals surface area contributed by atoms with Gasteiger partial charge < -0.3 is 5.11 Å². The Bertz CT molecular complexity index is 684. The van der Waals surface area contributed by atoms with Crippen LogP contribution in [0.3, 0.4) is 0 Å². The molecule has 1 aromatic carbocycles. The summed E-state index contributed by atoms with van der Waals surface area (Å²) in [7, 11) is 0. The van der Waals surface area contributed by atoms with E-state index in [9.17, 15) is 22.4 Å². The van der Waals surface area contributed by atoms with E-state index in [2.05, 4.69) is 10.3 Å². The average Bonchev–Trinajstić information content (AvgIpc) is 2.77. The summed E-state index contributed by atoms with van der Waals surface area (Å²) in [6.07, 6.45) is -5.00. The van der Waals surface area contributed by atoms with Gasteiger partial charge in [-0.25, -0.2) is 13.9 Å². The lowest BCUT2D eigenvalue weighted by atomic mass is 10.2. The number of halogens is 5. The van der Waals surface area contributed by atoms with Gasteiger partial charge in [-0.15, -0.1) is 5.10 Å². The number of carboxylic acid groups (broad SMARTS) is 1. The molecule has 0 amide bonds. The smallest absolute Gasteiger partial charge is 0.436 e. The highest BCUT2D eigenvalue weighted by molar-refractivity contribution is 6.30. The largest absolute Gasteiger partial charge is 0.476 e. The maximum atomic E-state index is 13.0. The van der Waals surface area contributed by atoms with E-state index in [0.29, 0.717) is 0 Å². The first kappa shape index (κ1) is 14.3. The van der Waals surface area contributed by atoms with Crippen molar-refractivity contribution < 1.29 is 27.5 Å². The highest BCUT2D eigenvalue weighted by atomic mass is 35.5. The summed E-state index contributed by atoms with van der Waals surface area (Å²) in [4.78, 5) is 10.7. The van der Waals surface area contributed by atoms with E-state index >= 15 is 0 Å². The van der Waals surface area contributed by atoms with Gasteiger partial charge >= 0.3 is 12.1 Å². The molecular weight excluding hydrogens is 306 g/mol. The Morgan fingerprint density at radius 2 is 2.00 bits per heavy atom. The monoisotopic (exact) mass is 309 g/mol. The number of carbonyl (C=O) groups is 1. The van der Waals surface area contributed by atoms with Crippen molar-refractivity contribution in [3.63, 3.8) is 0 Å².